The molecule has 0 spiro atoms. The maximum Gasteiger partial charge on any atom is 0.272 e. The zero-order chi connectivity index (χ0) is 18.4. The molecule has 8 heteroatoms. The Kier molecular flexibility index (Phi) is 5.67. The fraction of sp³-hybridized carbons (Fsp3) is 0.0556. The van der Waals surface area contributed by atoms with Crippen molar-refractivity contribution in [2.45, 2.75) is 4.21 Å². The second-order valence-electron chi connectivity index (χ2n) is 5.26. The van der Waals surface area contributed by atoms with E-state index in [2.05, 4.69) is 5.43 Å². The average molecular weight is 388 g/mol. The number of amides is 1. The number of thiophene rings is 1. The highest BCUT2D eigenvalue weighted by atomic mass is 32.2. The molecule has 1 heterocycles. The van der Waals surface area contributed by atoms with Crippen molar-refractivity contribution in [3.63, 3.8) is 0 Å². The van der Waals surface area contributed by atoms with Crippen molar-refractivity contribution in [3.05, 3.63) is 72.1 Å². The molecule has 0 radical (unpaired) electrons. The molecule has 0 atom stereocenters. The molecule has 0 aliphatic rings. The Labute approximate surface area is 155 Å². The van der Waals surface area contributed by atoms with Gasteiger partial charge in [-0.25, -0.2) is 8.42 Å². The molecule has 2 N–H and O–H groups in total. The van der Waals surface area contributed by atoms with Crippen LogP contribution in [-0.2, 0) is 14.8 Å². The minimum atomic E-state index is -3.75. The van der Waals surface area contributed by atoms with Crippen LogP contribution < -0.4 is 15.0 Å². The summed E-state index contributed by atoms with van der Waals surface area (Å²) in [5.41, 5.74) is 4.24. The standard InChI is InChI=1S/C18H16N2O4S2/c21-17(19-20-26(22,23)18-7-4-12-25-18)13-24-16-10-8-15(9-11-16)14-5-2-1-3-6-14/h1-12,20H,13H2,(H,19,21). The molecular weight excluding hydrogens is 372 g/mol. The predicted octanol–water partition coefficient (Wildman–Crippen LogP) is 2.80. The molecule has 134 valence electrons. The Bertz CT molecular complexity index is 954. The van der Waals surface area contributed by atoms with Crippen molar-refractivity contribution in [3.8, 4) is 16.9 Å². The molecule has 1 aromatic heterocycles. The summed E-state index contributed by atoms with van der Waals surface area (Å²) in [6.07, 6.45) is 0. The van der Waals surface area contributed by atoms with E-state index < -0.39 is 15.9 Å². The topological polar surface area (TPSA) is 84.5 Å². The molecule has 0 saturated heterocycles. The number of hydrazine groups is 1. The lowest BCUT2D eigenvalue weighted by atomic mass is 10.1. The lowest BCUT2D eigenvalue weighted by Crippen LogP contribution is -2.43. The molecule has 3 aromatic rings. The number of hydrogen-bond acceptors (Lipinski definition) is 5. The first-order valence-corrected chi connectivity index (χ1v) is 10.0. The maximum absolute atomic E-state index is 11.9. The van der Waals surface area contributed by atoms with E-state index in [1.54, 1.807) is 23.6 Å². The lowest BCUT2D eigenvalue weighted by molar-refractivity contribution is -0.123. The van der Waals surface area contributed by atoms with E-state index in [9.17, 15) is 13.2 Å². The fourth-order valence-electron chi connectivity index (χ4n) is 2.15. The van der Waals surface area contributed by atoms with Crippen molar-refractivity contribution in [2.24, 2.45) is 0 Å². The van der Waals surface area contributed by atoms with Gasteiger partial charge in [0.1, 0.15) is 9.96 Å². The first-order valence-electron chi connectivity index (χ1n) is 7.67. The number of rotatable bonds is 7. The zero-order valence-corrected chi connectivity index (χ0v) is 15.2. The van der Waals surface area contributed by atoms with E-state index in [-0.39, 0.29) is 10.8 Å². The van der Waals surface area contributed by atoms with E-state index in [1.165, 1.54) is 6.07 Å². The zero-order valence-electron chi connectivity index (χ0n) is 13.6. The highest BCUT2D eigenvalue weighted by Crippen LogP contribution is 2.22. The highest BCUT2D eigenvalue weighted by molar-refractivity contribution is 7.91. The highest BCUT2D eigenvalue weighted by Gasteiger charge is 2.16. The van der Waals surface area contributed by atoms with Crippen LogP contribution in [0.2, 0.25) is 0 Å². The normalized spacial score (nSPS) is 11.1. The SMILES string of the molecule is O=C(COc1ccc(-c2ccccc2)cc1)NNS(=O)(=O)c1cccs1. The van der Waals surface area contributed by atoms with Gasteiger partial charge >= 0.3 is 0 Å². The minimum Gasteiger partial charge on any atom is -0.484 e. The molecule has 0 aliphatic heterocycles. The molecule has 0 fully saturated rings. The largest absolute Gasteiger partial charge is 0.484 e. The molecule has 0 unspecified atom stereocenters. The van der Waals surface area contributed by atoms with Crippen LogP contribution in [0.5, 0.6) is 5.75 Å². The number of benzene rings is 2. The van der Waals surface area contributed by atoms with E-state index in [0.717, 1.165) is 22.5 Å². The van der Waals surface area contributed by atoms with Crippen LogP contribution in [0.15, 0.2) is 76.3 Å². The lowest BCUT2D eigenvalue weighted by Gasteiger charge is -2.09. The summed E-state index contributed by atoms with van der Waals surface area (Å²) >= 11 is 1.06. The number of carbonyl (C=O) groups excluding carboxylic acids is 1. The summed E-state index contributed by atoms with van der Waals surface area (Å²) in [4.78, 5) is 13.8. The quantitative estimate of drug-likeness (QED) is 0.610. The minimum absolute atomic E-state index is 0.121. The predicted molar refractivity (Wildman–Crippen MR) is 100 cm³/mol. The van der Waals surface area contributed by atoms with E-state index in [1.807, 2.05) is 47.3 Å². The van der Waals surface area contributed by atoms with E-state index in [4.69, 9.17) is 4.74 Å². The van der Waals surface area contributed by atoms with Crippen LogP contribution in [0.3, 0.4) is 0 Å². The summed E-state index contributed by atoms with van der Waals surface area (Å²) in [7, 11) is -3.75. The van der Waals surface area contributed by atoms with Gasteiger partial charge in [0.2, 0.25) is 0 Å². The van der Waals surface area contributed by atoms with Crippen LogP contribution in [0.1, 0.15) is 0 Å². The first-order chi connectivity index (χ1) is 12.5. The van der Waals surface area contributed by atoms with Crippen molar-refractivity contribution < 1.29 is 17.9 Å². The van der Waals surface area contributed by atoms with Crippen molar-refractivity contribution in [1.29, 1.82) is 0 Å². The van der Waals surface area contributed by atoms with Gasteiger partial charge in [0.15, 0.2) is 6.61 Å². The summed E-state index contributed by atoms with van der Waals surface area (Å²) < 4.78 is 29.3. The number of carbonyl (C=O) groups is 1. The van der Waals surface area contributed by atoms with Crippen LogP contribution in [0, 0.1) is 0 Å². The Morgan fingerprint density at radius 2 is 1.62 bits per heavy atom. The van der Waals surface area contributed by atoms with Gasteiger partial charge in [-0.2, -0.15) is 0 Å². The van der Waals surface area contributed by atoms with Crippen LogP contribution >= 0.6 is 11.3 Å². The summed E-state index contributed by atoms with van der Waals surface area (Å²) in [6.45, 7) is -0.308. The van der Waals surface area contributed by atoms with Gasteiger partial charge in [-0.15, -0.1) is 16.2 Å². The van der Waals surface area contributed by atoms with Crippen LogP contribution in [-0.4, -0.2) is 20.9 Å². The van der Waals surface area contributed by atoms with Crippen LogP contribution in [0.4, 0.5) is 0 Å². The molecule has 3 rings (SSSR count). The van der Waals surface area contributed by atoms with Gasteiger partial charge in [-0.3, -0.25) is 10.2 Å². The molecular formula is C18H16N2O4S2. The fourth-order valence-corrected chi connectivity index (χ4v) is 4.00. The third-order valence-corrected chi connectivity index (χ3v) is 6.06. The van der Waals surface area contributed by atoms with Gasteiger partial charge < -0.3 is 4.74 Å². The number of ether oxygens (including phenoxy) is 1. The molecule has 1 amide bonds. The van der Waals surface area contributed by atoms with Crippen molar-refractivity contribution in [1.82, 2.24) is 10.3 Å². The third kappa shape index (κ3) is 4.69. The van der Waals surface area contributed by atoms with Gasteiger partial charge in [0.05, 0.1) is 0 Å². The second kappa shape index (κ2) is 8.13. The average Bonchev–Trinajstić information content (AvgIpc) is 3.22. The molecule has 0 bridgehead atoms. The Balaban J connectivity index is 1.50. The molecule has 0 saturated carbocycles. The number of sulfonamides is 1. The molecule has 2 aromatic carbocycles. The Morgan fingerprint density at radius 1 is 0.923 bits per heavy atom. The van der Waals surface area contributed by atoms with Gasteiger partial charge in [0, 0.05) is 0 Å². The van der Waals surface area contributed by atoms with E-state index in [0.29, 0.717) is 5.75 Å². The molecule has 0 aliphatic carbocycles. The van der Waals surface area contributed by atoms with Crippen molar-refractivity contribution >= 4 is 27.3 Å². The first kappa shape index (κ1) is 18.1. The molecule has 6 nitrogen and oxygen atoms in total. The van der Waals surface area contributed by atoms with Crippen LogP contribution in [0.25, 0.3) is 11.1 Å². The monoisotopic (exact) mass is 388 g/mol. The Hall–Kier alpha value is -2.68. The third-order valence-electron chi connectivity index (χ3n) is 3.42. The van der Waals surface area contributed by atoms with Crippen molar-refractivity contribution in [2.75, 3.05) is 6.61 Å². The van der Waals surface area contributed by atoms with E-state index >= 15 is 0 Å². The Morgan fingerprint density at radius 3 is 2.27 bits per heavy atom. The van der Waals surface area contributed by atoms with Gasteiger partial charge in [-0.05, 0) is 34.7 Å². The molecule has 26 heavy (non-hydrogen) atoms. The van der Waals surface area contributed by atoms with Gasteiger partial charge in [0.25, 0.3) is 15.9 Å². The smallest absolute Gasteiger partial charge is 0.272 e. The van der Waals surface area contributed by atoms with Gasteiger partial charge in [-0.1, -0.05) is 48.5 Å². The maximum atomic E-state index is 11.9. The summed E-state index contributed by atoms with van der Waals surface area (Å²) in [5.74, 6) is -0.0850. The number of nitrogens with one attached hydrogen (secondary N) is 2. The number of hydrogen-bond donors (Lipinski definition) is 2. The summed E-state index contributed by atoms with van der Waals surface area (Å²) in [5, 5.41) is 1.64. The summed E-state index contributed by atoms with van der Waals surface area (Å²) in [6, 6.07) is 20.2. The second-order valence-corrected chi connectivity index (χ2v) is 8.12.